The van der Waals surface area contributed by atoms with Crippen LogP contribution in [0.15, 0.2) is 57.2 Å². The number of rotatable bonds is 2. The van der Waals surface area contributed by atoms with Crippen molar-refractivity contribution < 1.29 is 19.7 Å². The summed E-state index contributed by atoms with van der Waals surface area (Å²) in [6.45, 7) is 0. The molecule has 116 valence electrons. The third kappa shape index (κ3) is 3.33. The zero-order valence-electron chi connectivity index (χ0n) is 11.6. The summed E-state index contributed by atoms with van der Waals surface area (Å²) in [6.07, 6.45) is 3.11. The van der Waals surface area contributed by atoms with E-state index in [-0.39, 0.29) is 11.5 Å². The summed E-state index contributed by atoms with van der Waals surface area (Å²) in [5.74, 6) is 0.205. The summed E-state index contributed by atoms with van der Waals surface area (Å²) in [4.78, 5) is 11.7. The van der Waals surface area contributed by atoms with Crippen molar-refractivity contribution >= 4 is 49.5 Å². The van der Waals surface area contributed by atoms with Crippen molar-refractivity contribution in [2.45, 2.75) is 0 Å². The minimum Gasteiger partial charge on any atom is -0.508 e. The van der Waals surface area contributed by atoms with Gasteiger partial charge < -0.3 is 14.9 Å². The van der Waals surface area contributed by atoms with Gasteiger partial charge in [0, 0.05) is 11.6 Å². The molecule has 1 aliphatic rings. The van der Waals surface area contributed by atoms with Gasteiger partial charge in [0.05, 0.1) is 8.95 Å². The van der Waals surface area contributed by atoms with Crippen molar-refractivity contribution in [2.24, 2.45) is 0 Å². The van der Waals surface area contributed by atoms with Gasteiger partial charge in [-0.3, -0.25) is 0 Å². The number of esters is 1. The molecule has 23 heavy (non-hydrogen) atoms. The van der Waals surface area contributed by atoms with Gasteiger partial charge in [-0.25, -0.2) is 4.79 Å². The largest absolute Gasteiger partial charge is 0.508 e. The Balaban J connectivity index is 2.04. The third-order valence-electron chi connectivity index (χ3n) is 3.26. The summed E-state index contributed by atoms with van der Waals surface area (Å²) < 4.78 is 6.26. The Morgan fingerprint density at radius 1 is 1.00 bits per heavy atom. The van der Waals surface area contributed by atoms with Crippen LogP contribution >= 0.6 is 31.9 Å². The number of halogens is 2. The second-order valence-corrected chi connectivity index (χ2v) is 6.58. The standard InChI is InChI=1S/C17H10Br2O4/c18-13-6-10(7-14(19)17(13)22)12-8-16(21)23-15(12)5-9-1-3-11(20)4-2-9/h1-8,20,22H. The van der Waals surface area contributed by atoms with Crippen LogP contribution in [-0.4, -0.2) is 16.2 Å². The molecule has 1 aliphatic heterocycles. The number of ether oxygens (including phenoxy) is 1. The highest BCUT2D eigenvalue weighted by molar-refractivity contribution is 9.11. The van der Waals surface area contributed by atoms with Gasteiger partial charge in [-0.05, 0) is 73.3 Å². The number of allylic oxidation sites excluding steroid dienone is 1. The van der Waals surface area contributed by atoms with Gasteiger partial charge in [0.15, 0.2) is 0 Å². The summed E-state index contributed by atoms with van der Waals surface area (Å²) in [5.41, 5.74) is 2.12. The van der Waals surface area contributed by atoms with Gasteiger partial charge in [-0.1, -0.05) is 12.1 Å². The first-order valence-electron chi connectivity index (χ1n) is 6.57. The predicted octanol–water partition coefficient (Wildman–Crippen LogP) is 4.60. The normalized spacial score (nSPS) is 15.7. The summed E-state index contributed by atoms with van der Waals surface area (Å²) >= 11 is 6.55. The van der Waals surface area contributed by atoms with Crippen molar-refractivity contribution in [3.63, 3.8) is 0 Å². The average molecular weight is 438 g/mol. The van der Waals surface area contributed by atoms with E-state index in [0.29, 0.717) is 20.3 Å². The molecule has 2 aromatic rings. The predicted molar refractivity (Wildman–Crippen MR) is 93.7 cm³/mol. The number of carbonyl (C=O) groups excluding carboxylic acids is 1. The Morgan fingerprint density at radius 3 is 2.22 bits per heavy atom. The molecule has 0 atom stereocenters. The zero-order valence-corrected chi connectivity index (χ0v) is 14.8. The molecule has 0 spiro atoms. The molecule has 0 aliphatic carbocycles. The van der Waals surface area contributed by atoms with E-state index in [4.69, 9.17) is 4.74 Å². The maximum atomic E-state index is 11.7. The molecule has 0 aromatic heterocycles. The lowest BCUT2D eigenvalue weighted by Gasteiger charge is -2.08. The Bertz CT molecular complexity index is 828. The fourth-order valence-electron chi connectivity index (χ4n) is 2.16. The van der Waals surface area contributed by atoms with E-state index < -0.39 is 5.97 Å². The van der Waals surface area contributed by atoms with E-state index in [1.165, 1.54) is 6.08 Å². The maximum absolute atomic E-state index is 11.7. The molecule has 3 rings (SSSR count). The molecule has 0 unspecified atom stereocenters. The van der Waals surface area contributed by atoms with Crippen LogP contribution in [-0.2, 0) is 9.53 Å². The molecule has 2 aromatic carbocycles. The van der Waals surface area contributed by atoms with Gasteiger partial charge in [-0.15, -0.1) is 0 Å². The van der Waals surface area contributed by atoms with Gasteiger partial charge in [0.25, 0.3) is 0 Å². The highest BCUT2D eigenvalue weighted by Crippen LogP contribution is 2.39. The van der Waals surface area contributed by atoms with E-state index in [1.807, 2.05) is 0 Å². The topological polar surface area (TPSA) is 66.8 Å². The molecule has 0 amide bonds. The summed E-state index contributed by atoms with van der Waals surface area (Å²) in [6, 6.07) is 9.96. The van der Waals surface area contributed by atoms with Crippen LogP contribution < -0.4 is 0 Å². The maximum Gasteiger partial charge on any atom is 0.336 e. The first kappa shape index (κ1) is 15.8. The summed E-state index contributed by atoms with van der Waals surface area (Å²) in [5, 5.41) is 19.1. The number of hydrogen-bond acceptors (Lipinski definition) is 4. The van der Waals surface area contributed by atoms with E-state index >= 15 is 0 Å². The third-order valence-corrected chi connectivity index (χ3v) is 4.47. The van der Waals surface area contributed by atoms with Crippen LogP contribution in [0.25, 0.3) is 11.6 Å². The SMILES string of the molecule is O=C1C=C(c2cc(Br)c(O)c(Br)c2)C(=Cc2ccc(O)cc2)O1. The molecule has 0 fully saturated rings. The zero-order chi connectivity index (χ0) is 16.6. The second kappa shape index (κ2) is 6.22. The minimum absolute atomic E-state index is 0.0867. The minimum atomic E-state index is -0.453. The van der Waals surface area contributed by atoms with E-state index in [1.54, 1.807) is 42.5 Å². The van der Waals surface area contributed by atoms with Gasteiger partial charge in [0.1, 0.15) is 17.3 Å². The Hall–Kier alpha value is -2.05. The van der Waals surface area contributed by atoms with Crippen LogP contribution in [0.1, 0.15) is 11.1 Å². The molecule has 0 saturated heterocycles. The number of cyclic esters (lactones) is 1. The van der Waals surface area contributed by atoms with Crippen molar-refractivity contribution in [3.05, 3.63) is 68.3 Å². The first-order chi connectivity index (χ1) is 10.9. The lowest BCUT2D eigenvalue weighted by Crippen LogP contribution is -1.92. The Morgan fingerprint density at radius 2 is 1.61 bits per heavy atom. The molecular formula is C17H10Br2O4. The summed E-state index contributed by atoms with van der Waals surface area (Å²) in [7, 11) is 0. The molecule has 0 bridgehead atoms. The van der Waals surface area contributed by atoms with Crippen LogP contribution in [0.2, 0.25) is 0 Å². The van der Waals surface area contributed by atoms with Crippen LogP contribution in [0.3, 0.4) is 0 Å². The van der Waals surface area contributed by atoms with Crippen molar-refractivity contribution in [3.8, 4) is 11.5 Å². The number of hydrogen-bond donors (Lipinski definition) is 2. The molecule has 6 heteroatoms. The van der Waals surface area contributed by atoms with Crippen molar-refractivity contribution in [1.29, 1.82) is 0 Å². The molecular weight excluding hydrogens is 428 g/mol. The number of benzene rings is 2. The molecule has 0 saturated carbocycles. The van der Waals surface area contributed by atoms with Crippen LogP contribution in [0.4, 0.5) is 0 Å². The highest BCUT2D eigenvalue weighted by Gasteiger charge is 2.23. The Kier molecular flexibility index (Phi) is 4.28. The monoisotopic (exact) mass is 436 g/mol. The highest BCUT2D eigenvalue weighted by atomic mass is 79.9. The first-order valence-corrected chi connectivity index (χ1v) is 8.15. The average Bonchev–Trinajstić information content (AvgIpc) is 2.87. The lowest BCUT2D eigenvalue weighted by molar-refractivity contribution is -0.132. The van der Waals surface area contributed by atoms with Crippen LogP contribution in [0, 0.1) is 0 Å². The molecule has 2 N–H and O–H groups in total. The van der Waals surface area contributed by atoms with Crippen LogP contribution in [0.5, 0.6) is 11.5 Å². The van der Waals surface area contributed by atoms with E-state index in [2.05, 4.69) is 31.9 Å². The van der Waals surface area contributed by atoms with E-state index in [0.717, 1.165) is 11.1 Å². The smallest absolute Gasteiger partial charge is 0.336 e. The number of phenols is 2. The van der Waals surface area contributed by atoms with Crippen molar-refractivity contribution in [2.75, 3.05) is 0 Å². The lowest BCUT2D eigenvalue weighted by atomic mass is 10.0. The Labute approximate surface area is 149 Å². The number of carbonyl (C=O) groups is 1. The van der Waals surface area contributed by atoms with Gasteiger partial charge >= 0.3 is 5.97 Å². The number of aromatic hydroxyl groups is 2. The van der Waals surface area contributed by atoms with Gasteiger partial charge in [0.2, 0.25) is 0 Å². The number of phenolic OH excluding ortho intramolecular Hbond substituents is 2. The fraction of sp³-hybridized carbons (Fsp3) is 0. The molecule has 0 radical (unpaired) electrons. The molecule has 1 heterocycles. The van der Waals surface area contributed by atoms with Crippen molar-refractivity contribution in [1.82, 2.24) is 0 Å². The second-order valence-electron chi connectivity index (χ2n) is 4.87. The van der Waals surface area contributed by atoms with E-state index in [9.17, 15) is 15.0 Å². The quantitative estimate of drug-likeness (QED) is 0.673. The van der Waals surface area contributed by atoms with Gasteiger partial charge in [-0.2, -0.15) is 0 Å². The fourth-order valence-corrected chi connectivity index (χ4v) is 3.34. The molecule has 4 nitrogen and oxygen atoms in total.